The van der Waals surface area contributed by atoms with Gasteiger partial charge in [0.2, 0.25) is 5.91 Å². The second-order valence-electron chi connectivity index (χ2n) is 7.65. The molecule has 0 aliphatic rings. The SMILES string of the molecule is O=C(/C=C/c1ccccc1)N(Cc1ccc(OS(=O)(=O)c2ccc(F)cc2)cc1)Cc1ccco1. The van der Waals surface area contributed by atoms with Crippen molar-refractivity contribution in [1.29, 1.82) is 0 Å². The predicted octanol–water partition coefficient (Wildman–Crippen LogP) is 5.43. The van der Waals surface area contributed by atoms with Crippen molar-refractivity contribution < 1.29 is 26.2 Å². The largest absolute Gasteiger partial charge is 0.467 e. The fourth-order valence-electron chi connectivity index (χ4n) is 3.29. The van der Waals surface area contributed by atoms with E-state index in [1.807, 2.05) is 30.3 Å². The Balaban J connectivity index is 1.47. The first-order chi connectivity index (χ1) is 16.9. The third kappa shape index (κ3) is 6.68. The highest BCUT2D eigenvalue weighted by atomic mass is 32.2. The quantitative estimate of drug-likeness (QED) is 0.231. The van der Waals surface area contributed by atoms with Crippen LogP contribution in [0, 0.1) is 5.82 Å². The molecule has 0 N–H and O–H groups in total. The second kappa shape index (κ2) is 10.8. The predicted molar refractivity (Wildman–Crippen MR) is 129 cm³/mol. The summed E-state index contributed by atoms with van der Waals surface area (Å²) in [4.78, 5) is 14.4. The van der Waals surface area contributed by atoms with E-state index >= 15 is 0 Å². The summed E-state index contributed by atoms with van der Waals surface area (Å²) in [7, 11) is -4.10. The van der Waals surface area contributed by atoms with Crippen LogP contribution in [0.5, 0.6) is 5.75 Å². The molecular weight excluding hydrogens is 469 g/mol. The van der Waals surface area contributed by atoms with Crippen LogP contribution in [-0.2, 0) is 28.0 Å². The van der Waals surface area contributed by atoms with Gasteiger partial charge < -0.3 is 13.5 Å². The summed E-state index contributed by atoms with van der Waals surface area (Å²) in [5.41, 5.74) is 1.67. The number of nitrogens with zero attached hydrogens (tertiary/aromatic N) is 1. The van der Waals surface area contributed by atoms with Crippen molar-refractivity contribution in [3.05, 3.63) is 126 Å². The zero-order valence-corrected chi connectivity index (χ0v) is 19.4. The van der Waals surface area contributed by atoms with Gasteiger partial charge in [0.1, 0.15) is 22.2 Å². The molecule has 3 aromatic carbocycles. The fraction of sp³-hybridized carbons (Fsp3) is 0.0741. The maximum Gasteiger partial charge on any atom is 0.339 e. The minimum Gasteiger partial charge on any atom is -0.467 e. The molecule has 0 fully saturated rings. The summed E-state index contributed by atoms with van der Waals surface area (Å²) in [5.74, 6) is -0.00667. The minimum atomic E-state index is -4.10. The van der Waals surface area contributed by atoms with Gasteiger partial charge in [-0.2, -0.15) is 8.42 Å². The van der Waals surface area contributed by atoms with Gasteiger partial charge in [0.25, 0.3) is 0 Å². The van der Waals surface area contributed by atoms with Crippen molar-refractivity contribution in [3.8, 4) is 5.75 Å². The third-order valence-electron chi connectivity index (χ3n) is 5.06. The van der Waals surface area contributed by atoms with E-state index in [1.165, 1.54) is 18.2 Å². The first-order valence-electron chi connectivity index (χ1n) is 10.7. The van der Waals surface area contributed by atoms with Gasteiger partial charge in [-0.15, -0.1) is 0 Å². The van der Waals surface area contributed by atoms with Gasteiger partial charge in [0, 0.05) is 12.6 Å². The lowest BCUT2D eigenvalue weighted by Gasteiger charge is -2.20. The molecule has 0 radical (unpaired) electrons. The first kappa shape index (κ1) is 24.0. The maximum absolute atomic E-state index is 13.1. The average Bonchev–Trinajstić information content (AvgIpc) is 3.37. The molecule has 0 atom stereocenters. The minimum absolute atomic E-state index is 0.103. The lowest BCUT2D eigenvalue weighted by molar-refractivity contribution is -0.127. The molecule has 0 aliphatic heterocycles. The molecule has 35 heavy (non-hydrogen) atoms. The molecule has 1 aromatic heterocycles. The maximum atomic E-state index is 13.1. The molecule has 0 aliphatic carbocycles. The van der Waals surface area contributed by atoms with E-state index in [4.69, 9.17) is 8.60 Å². The molecule has 1 heterocycles. The Morgan fingerprint density at radius 1 is 0.886 bits per heavy atom. The fourth-order valence-corrected chi connectivity index (χ4v) is 4.22. The number of carbonyl (C=O) groups is 1. The molecule has 178 valence electrons. The Morgan fingerprint density at radius 3 is 2.26 bits per heavy atom. The van der Waals surface area contributed by atoms with Crippen molar-refractivity contribution in [1.82, 2.24) is 4.90 Å². The number of hydrogen-bond acceptors (Lipinski definition) is 5. The van der Waals surface area contributed by atoms with Gasteiger partial charge in [-0.25, -0.2) is 4.39 Å². The first-order valence-corrected chi connectivity index (χ1v) is 12.1. The summed E-state index contributed by atoms with van der Waals surface area (Å²) in [6.45, 7) is 0.534. The highest BCUT2D eigenvalue weighted by molar-refractivity contribution is 7.87. The Morgan fingerprint density at radius 2 is 1.60 bits per heavy atom. The third-order valence-corrected chi connectivity index (χ3v) is 6.32. The average molecular weight is 492 g/mol. The van der Waals surface area contributed by atoms with Gasteiger partial charge in [-0.3, -0.25) is 4.79 Å². The van der Waals surface area contributed by atoms with Crippen LogP contribution in [0.2, 0.25) is 0 Å². The number of carbonyl (C=O) groups excluding carboxylic acids is 1. The Kier molecular flexibility index (Phi) is 7.42. The molecule has 0 spiro atoms. The molecule has 4 aromatic rings. The van der Waals surface area contributed by atoms with E-state index in [9.17, 15) is 17.6 Å². The molecule has 4 rings (SSSR count). The van der Waals surface area contributed by atoms with E-state index in [0.717, 1.165) is 35.4 Å². The van der Waals surface area contributed by atoms with Gasteiger partial charge in [0.15, 0.2) is 0 Å². The van der Waals surface area contributed by atoms with Crippen LogP contribution in [0.4, 0.5) is 4.39 Å². The standard InChI is InChI=1S/C27H22FNO5S/c28-23-11-15-26(16-12-23)35(31,32)34-24-13-8-22(9-14-24)19-29(20-25-7-4-18-33-25)27(30)17-10-21-5-2-1-3-6-21/h1-18H,19-20H2/b17-10+. The summed E-state index contributed by atoms with van der Waals surface area (Å²) in [5, 5.41) is 0. The number of benzene rings is 3. The lowest BCUT2D eigenvalue weighted by Crippen LogP contribution is -2.28. The van der Waals surface area contributed by atoms with Crippen molar-refractivity contribution in [2.75, 3.05) is 0 Å². The normalized spacial score (nSPS) is 11.5. The van der Waals surface area contributed by atoms with Gasteiger partial charge in [0.05, 0.1) is 12.8 Å². The Labute approximate surface area is 203 Å². The molecule has 0 saturated heterocycles. The van der Waals surface area contributed by atoms with Crippen LogP contribution < -0.4 is 4.18 Å². The van der Waals surface area contributed by atoms with E-state index in [2.05, 4.69) is 0 Å². The van der Waals surface area contributed by atoms with Gasteiger partial charge in [-0.05, 0) is 65.7 Å². The number of halogens is 1. The Hall–Kier alpha value is -4.17. The number of hydrogen-bond donors (Lipinski definition) is 0. The highest BCUT2D eigenvalue weighted by Crippen LogP contribution is 2.21. The van der Waals surface area contributed by atoms with E-state index in [1.54, 1.807) is 41.5 Å². The van der Waals surface area contributed by atoms with Gasteiger partial charge >= 0.3 is 10.1 Å². The van der Waals surface area contributed by atoms with Crippen LogP contribution >= 0.6 is 0 Å². The number of amides is 1. The second-order valence-corrected chi connectivity index (χ2v) is 9.20. The summed E-state index contributed by atoms with van der Waals surface area (Å²) < 4.78 is 48.5. The van der Waals surface area contributed by atoms with E-state index < -0.39 is 15.9 Å². The molecule has 0 saturated carbocycles. The van der Waals surface area contributed by atoms with Crippen LogP contribution in [0.15, 0.2) is 113 Å². The topological polar surface area (TPSA) is 76.8 Å². The van der Waals surface area contributed by atoms with Crippen molar-refractivity contribution >= 4 is 22.1 Å². The summed E-state index contributed by atoms with van der Waals surface area (Å²) in [6.07, 6.45) is 4.80. The monoisotopic (exact) mass is 491 g/mol. The summed E-state index contributed by atoms with van der Waals surface area (Å²) in [6, 6.07) is 23.8. The Bertz CT molecular complexity index is 1380. The van der Waals surface area contributed by atoms with Crippen LogP contribution in [0.1, 0.15) is 16.9 Å². The molecule has 6 nitrogen and oxygen atoms in total. The highest BCUT2D eigenvalue weighted by Gasteiger charge is 2.18. The van der Waals surface area contributed by atoms with E-state index in [-0.39, 0.29) is 29.6 Å². The van der Waals surface area contributed by atoms with E-state index in [0.29, 0.717) is 5.76 Å². The van der Waals surface area contributed by atoms with Crippen LogP contribution in [0.3, 0.4) is 0 Å². The molecular formula is C27H22FNO5S. The number of rotatable bonds is 9. The van der Waals surface area contributed by atoms with Crippen molar-refractivity contribution in [2.24, 2.45) is 0 Å². The van der Waals surface area contributed by atoms with Crippen molar-refractivity contribution in [2.45, 2.75) is 18.0 Å². The lowest BCUT2D eigenvalue weighted by atomic mass is 10.2. The zero-order valence-electron chi connectivity index (χ0n) is 18.6. The molecule has 8 heteroatoms. The summed E-state index contributed by atoms with van der Waals surface area (Å²) >= 11 is 0. The molecule has 1 amide bonds. The molecule has 0 unspecified atom stereocenters. The van der Waals surface area contributed by atoms with Crippen LogP contribution in [-0.4, -0.2) is 19.2 Å². The number of furan rings is 1. The molecule has 0 bridgehead atoms. The van der Waals surface area contributed by atoms with Crippen LogP contribution in [0.25, 0.3) is 6.08 Å². The smallest absolute Gasteiger partial charge is 0.339 e. The van der Waals surface area contributed by atoms with Gasteiger partial charge in [-0.1, -0.05) is 42.5 Å². The zero-order chi connectivity index (χ0) is 24.7. The van der Waals surface area contributed by atoms with Crippen molar-refractivity contribution in [3.63, 3.8) is 0 Å².